The molecule has 0 spiro atoms. The van der Waals surface area contributed by atoms with E-state index in [1.54, 1.807) is 24.3 Å². The number of ketones is 1. The summed E-state index contributed by atoms with van der Waals surface area (Å²) in [7, 11) is 0. The molecule has 21 heavy (non-hydrogen) atoms. The third-order valence-electron chi connectivity index (χ3n) is 2.71. The van der Waals surface area contributed by atoms with Crippen LogP contribution in [-0.2, 0) is 4.79 Å². The predicted octanol–water partition coefficient (Wildman–Crippen LogP) is 4.54. The summed E-state index contributed by atoms with van der Waals surface area (Å²) >= 11 is 23.3. The number of aryl methyl sites for hydroxylation is 1. The first-order valence-electron chi connectivity index (χ1n) is 5.68. The first kappa shape index (κ1) is 16.2. The Morgan fingerprint density at radius 3 is 1.86 bits per heavy atom. The number of hydrogen-bond donors (Lipinski definition) is 0. The van der Waals surface area contributed by atoms with Gasteiger partial charge in [-0.05, 0) is 19.1 Å². The first-order valence-corrected chi connectivity index (χ1v) is 7.19. The second-order valence-corrected chi connectivity index (χ2v) is 5.73. The molecular formula is C14H7Cl4NO2. The minimum Gasteiger partial charge on any atom is -0.286 e. The van der Waals surface area contributed by atoms with Gasteiger partial charge in [0.25, 0.3) is 5.91 Å². The van der Waals surface area contributed by atoms with E-state index < -0.39 is 11.7 Å². The van der Waals surface area contributed by atoms with Crippen LogP contribution in [0.25, 0.3) is 0 Å². The Bertz CT molecular complexity index is 700. The molecule has 0 saturated carbocycles. The summed E-state index contributed by atoms with van der Waals surface area (Å²) in [5, 5.41) is -1.03. The highest BCUT2D eigenvalue weighted by Gasteiger charge is 2.30. The Kier molecular flexibility index (Phi) is 4.89. The molecule has 1 aliphatic rings. The van der Waals surface area contributed by atoms with E-state index in [1.807, 2.05) is 6.92 Å². The lowest BCUT2D eigenvalue weighted by Gasteiger charge is -2.13. The van der Waals surface area contributed by atoms with Gasteiger partial charge in [-0.25, -0.2) is 4.99 Å². The Morgan fingerprint density at radius 1 is 0.905 bits per heavy atom. The zero-order valence-corrected chi connectivity index (χ0v) is 13.6. The highest BCUT2D eigenvalue weighted by atomic mass is 35.5. The molecule has 0 N–H and O–H groups in total. The Hall–Kier alpha value is -1.13. The van der Waals surface area contributed by atoms with Gasteiger partial charge in [0, 0.05) is 5.56 Å². The van der Waals surface area contributed by atoms with Crippen molar-refractivity contribution in [3.05, 3.63) is 55.5 Å². The van der Waals surface area contributed by atoms with E-state index in [2.05, 4.69) is 4.99 Å². The van der Waals surface area contributed by atoms with Crippen molar-refractivity contribution in [2.45, 2.75) is 6.92 Å². The van der Waals surface area contributed by atoms with Gasteiger partial charge in [0.05, 0.1) is 10.1 Å². The molecule has 0 aromatic heterocycles. The summed E-state index contributed by atoms with van der Waals surface area (Å²) in [5.41, 5.74) is 1.24. The van der Waals surface area contributed by atoms with Crippen LogP contribution in [0.5, 0.6) is 0 Å². The van der Waals surface area contributed by atoms with Crippen molar-refractivity contribution in [3.8, 4) is 0 Å². The molecule has 1 amide bonds. The highest BCUT2D eigenvalue weighted by Crippen LogP contribution is 2.34. The van der Waals surface area contributed by atoms with Crippen molar-refractivity contribution >= 4 is 63.8 Å². The van der Waals surface area contributed by atoms with Gasteiger partial charge in [0.15, 0.2) is 0 Å². The second-order valence-electron chi connectivity index (χ2n) is 4.22. The van der Waals surface area contributed by atoms with Crippen molar-refractivity contribution in [2.24, 2.45) is 4.99 Å². The third kappa shape index (κ3) is 3.22. The second kappa shape index (κ2) is 6.32. The van der Waals surface area contributed by atoms with Crippen LogP contribution in [-0.4, -0.2) is 17.4 Å². The molecule has 1 aromatic rings. The number of allylic oxidation sites excluding steroid dienone is 4. The van der Waals surface area contributed by atoms with E-state index >= 15 is 0 Å². The summed E-state index contributed by atoms with van der Waals surface area (Å²) in [6, 6.07) is 6.78. The van der Waals surface area contributed by atoms with Gasteiger partial charge in [-0.1, -0.05) is 64.1 Å². The number of halogens is 4. The molecule has 0 atom stereocenters. The maximum atomic E-state index is 12.1. The molecule has 0 fully saturated rings. The summed E-state index contributed by atoms with van der Waals surface area (Å²) in [4.78, 5) is 27.5. The monoisotopic (exact) mass is 361 g/mol. The summed E-state index contributed by atoms with van der Waals surface area (Å²) in [6.45, 7) is 1.89. The standard InChI is InChI=1S/C14H7Cl4NO2/c1-6-2-4-7(5-3-6)14(21)19-12-8(15)10(17)13(20)11(18)9(12)16/h2-5H,1H3. The van der Waals surface area contributed by atoms with Crippen molar-refractivity contribution in [2.75, 3.05) is 0 Å². The van der Waals surface area contributed by atoms with Crippen LogP contribution in [0.3, 0.4) is 0 Å². The number of rotatable bonds is 1. The van der Waals surface area contributed by atoms with E-state index in [4.69, 9.17) is 46.4 Å². The molecule has 3 nitrogen and oxygen atoms in total. The van der Waals surface area contributed by atoms with Crippen molar-refractivity contribution in [1.29, 1.82) is 0 Å². The van der Waals surface area contributed by atoms with Crippen LogP contribution in [0.4, 0.5) is 0 Å². The summed E-state index contributed by atoms with van der Waals surface area (Å²) in [6.07, 6.45) is 0. The van der Waals surface area contributed by atoms with Gasteiger partial charge in [-0.15, -0.1) is 0 Å². The summed E-state index contributed by atoms with van der Waals surface area (Å²) in [5.74, 6) is -1.26. The Labute approximate surface area is 140 Å². The molecule has 108 valence electrons. The molecule has 1 aromatic carbocycles. The molecule has 2 rings (SSSR count). The molecule has 0 radical (unpaired) electrons. The summed E-state index contributed by atoms with van der Waals surface area (Å²) < 4.78 is 0. The predicted molar refractivity (Wildman–Crippen MR) is 85.4 cm³/mol. The van der Waals surface area contributed by atoms with E-state index in [9.17, 15) is 9.59 Å². The van der Waals surface area contributed by atoms with E-state index in [-0.39, 0.29) is 25.8 Å². The number of Topliss-reactive ketones (excluding diaryl/α,β-unsaturated/α-hetero) is 1. The van der Waals surface area contributed by atoms with Crippen LogP contribution in [0.15, 0.2) is 49.4 Å². The van der Waals surface area contributed by atoms with Crippen LogP contribution >= 0.6 is 46.4 Å². The topological polar surface area (TPSA) is 46.5 Å². The number of hydrogen-bond acceptors (Lipinski definition) is 2. The number of amides is 1. The van der Waals surface area contributed by atoms with Crippen LogP contribution < -0.4 is 0 Å². The minimum absolute atomic E-state index is 0.112. The van der Waals surface area contributed by atoms with Crippen LogP contribution in [0.2, 0.25) is 0 Å². The highest BCUT2D eigenvalue weighted by molar-refractivity contribution is 6.70. The third-order valence-corrected chi connectivity index (χ3v) is 4.36. The first-order chi connectivity index (χ1) is 9.82. The van der Waals surface area contributed by atoms with Gasteiger partial charge in [0.2, 0.25) is 5.78 Å². The number of carbonyl (C=O) groups is 2. The number of aliphatic imine (C=N–C) groups is 1. The lowest BCUT2D eigenvalue weighted by Crippen LogP contribution is -2.17. The van der Waals surface area contributed by atoms with Gasteiger partial charge in [-0.2, -0.15) is 0 Å². The molecule has 0 aliphatic heterocycles. The number of nitrogens with zero attached hydrogens (tertiary/aromatic N) is 1. The molecule has 0 unspecified atom stereocenters. The molecule has 1 aliphatic carbocycles. The quantitative estimate of drug-likeness (QED) is 0.688. The average molecular weight is 363 g/mol. The fourth-order valence-corrected chi connectivity index (χ4v) is 2.47. The molecule has 0 bridgehead atoms. The van der Waals surface area contributed by atoms with Gasteiger partial charge in [-0.3, -0.25) is 9.59 Å². The minimum atomic E-state index is -0.699. The maximum absolute atomic E-state index is 12.1. The van der Waals surface area contributed by atoms with E-state index in [0.717, 1.165) is 5.56 Å². The molecule has 7 heteroatoms. The normalized spacial score (nSPS) is 15.7. The van der Waals surface area contributed by atoms with Crippen molar-refractivity contribution in [3.63, 3.8) is 0 Å². The van der Waals surface area contributed by atoms with E-state index in [1.165, 1.54) is 0 Å². The molecular weight excluding hydrogens is 356 g/mol. The van der Waals surface area contributed by atoms with Crippen LogP contribution in [0.1, 0.15) is 15.9 Å². The fourth-order valence-electron chi connectivity index (χ4n) is 1.56. The van der Waals surface area contributed by atoms with Crippen molar-refractivity contribution in [1.82, 2.24) is 0 Å². The SMILES string of the molecule is Cc1ccc(C(=O)N=C2C(Cl)=C(Cl)C(=O)C(Cl)=C2Cl)cc1. The zero-order valence-electron chi connectivity index (χ0n) is 10.6. The zero-order chi connectivity index (χ0) is 15.7. The average Bonchev–Trinajstić information content (AvgIpc) is 2.48. The molecule has 0 heterocycles. The van der Waals surface area contributed by atoms with E-state index in [0.29, 0.717) is 5.56 Å². The maximum Gasteiger partial charge on any atom is 0.277 e. The lowest BCUT2D eigenvalue weighted by molar-refractivity contribution is -0.111. The van der Waals surface area contributed by atoms with Gasteiger partial charge < -0.3 is 0 Å². The number of carbonyl (C=O) groups excluding carboxylic acids is 2. The smallest absolute Gasteiger partial charge is 0.277 e. The van der Waals surface area contributed by atoms with Crippen molar-refractivity contribution < 1.29 is 9.59 Å². The Morgan fingerprint density at radius 2 is 1.38 bits per heavy atom. The van der Waals surface area contributed by atoms with Gasteiger partial charge in [0.1, 0.15) is 15.8 Å². The number of benzene rings is 1. The lowest BCUT2D eigenvalue weighted by atomic mass is 10.1. The van der Waals surface area contributed by atoms with Gasteiger partial charge >= 0.3 is 0 Å². The molecule has 0 saturated heterocycles. The Balaban J connectivity index is 2.46. The van der Waals surface area contributed by atoms with Crippen LogP contribution in [0, 0.1) is 6.92 Å². The fraction of sp³-hybridized carbons (Fsp3) is 0.0714. The largest absolute Gasteiger partial charge is 0.286 e.